The van der Waals surface area contributed by atoms with E-state index in [4.69, 9.17) is 21.1 Å². The summed E-state index contributed by atoms with van der Waals surface area (Å²) in [6, 6.07) is 9.23. The summed E-state index contributed by atoms with van der Waals surface area (Å²) >= 11 is 6.21. The van der Waals surface area contributed by atoms with E-state index in [1.54, 1.807) is 18.2 Å². The molecule has 0 aliphatic carbocycles. The van der Waals surface area contributed by atoms with Crippen LogP contribution in [0, 0.1) is 5.92 Å². The number of ether oxygens (including phenoxy) is 2. The van der Waals surface area contributed by atoms with Crippen molar-refractivity contribution in [1.82, 2.24) is 4.31 Å². The minimum atomic E-state index is -3.80. The third-order valence-corrected chi connectivity index (χ3v) is 7.43. The molecule has 0 spiro atoms. The SMILES string of the molecule is COc1ccc(NC(=O)c2ccc(Cl)c(S(=O)(=O)N3CCC[C@@H](C)C3)c2)c(OC)c1. The molecule has 1 heterocycles. The molecule has 2 aromatic carbocycles. The molecule has 0 unspecified atom stereocenters. The monoisotopic (exact) mass is 452 g/mol. The van der Waals surface area contributed by atoms with E-state index in [0.717, 1.165) is 12.8 Å². The van der Waals surface area contributed by atoms with Gasteiger partial charge in [0.05, 0.1) is 24.9 Å². The predicted molar refractivity (Wildman–Crippen MR) is 116 cm³/mol. The Labute approximate surface area is 182 Å². The van der Waals surface area contributed by atoms with Crippen LogP contribution in [0.2, 0.25) is 5.02 Å². The quantitative estimate of drug-likeness (QED) is 0.715. The molecule has 1 saturated heterocycles. The summed E-state index contributed by atoms with van der Waals surface area (Å²) in [4.78, 5) is 12.7. The van der Waals surface area contributed by atoms with Crippen molar-refractivity contribution >= 4 is 33.2 Å². The van der Waals surface area contributed by atoms with Crippen molar-refractivity contribution in [3.8, 4) is 11.5 Å². The van der Waals surface area contributed by atoms with Crippen molar-refractivity contribution in [3.63, 3.8) is 0 Å². The Morgan fingerprint density at radius 2 is 1.93 bits per heavy atom. The minimum absolute atomic E-state index is 0.0624. The Kier molecular flexibility index (Phi) is 6.90. The Bertz CT molecular complexity index is 1040. The van der Waals surface area contributed by atoms with Crippen molar-refractivity contribution in [2.75, 3.05) is 32.6 Å². The van der Waals surface area contributed by atoms with E-state index in [9.17, 15) is 13.2 Å². The van der Waals surface area contributed by atoms with Crippen LogP contribution in [-0.2, 0) is 10.0 Å². The molecular weight excluding hydrogens is 428 g/mol. The van der Waals surface area contributed by atoms with Crippen LogP contribution in [0.1, 0.15) is 30.1 Å². The third kappa shape index (κ3) is 4.71. The van der Waals surface area contributed by atoms with Crippen molar-refractivity contribution in [1.29, 1.82) is 0 Å². The Morgan fingerprint density at radius 1 is 1.17 bits per heavy atom. The number of amides is 1. The maximum atomic E-state index is 13.1. The largest absolute Gasteiger partial charge is 0.497 e. The Hall–Kier alpha value is -2.29. The van der Waals surface area contributed by atoms with Crippen LogP contribution in [-0.4, -0.2) is 45.9 Å². The fourth-order valence-corrected chi connectivity index (χ4v) is 5.54. The van der Waals surface area contributed by atoms with Crippen LogP contribution in [0.15, 0.2) is 41.3 Å². The number of hydrogen-bond acceptors (Lipinski definition) is 5. The second-order valence-corrected chi connectivity index (χ2v) is 9.59. The topological polar surface area (TPSA) is 84.9 Å². The number of methoxy groups -OCH3 is 2. The first-order valence-electron chi connectivity index (χ1n) is 9.59. The molecule has 0 radical (unpaired) electrons. The van der Waals surface area contributed by atoms with Crippen LogP contribution in [0.3, 0.4) is 0 Å². The van der Waals surface area contributed by atoms with E-state index in [-0.39, 0.29) is 21.4 Å². The molecule has 3 rings (SSSR count). The maximum absolute atomic E-state index is 13.1. The number of anilines is 1. The van der Waals surface area contributed by atoms with E-state index >= 15 is 0 Å². The fourth-order valence-electron chi connectivity index (χ4n) is 3.44. The average molecular weight is 453 g/mol. The van der Waals surface area contributed by atoms with Crippen molar-refractivity contribution in [2.24, 2.45) is 5.92 Å². The van der Waals surface area contributed by atoms with E-state index < -0.39 is 15.9 Å². The summed E-state index contributed by atoms with van der Waals surface area (Å²) in [6.45, 7) is 2.91. The number of carbonyl (C=O) groups excluding carboxylic acids is 1. The molecule has 1 N–H and O–H groups in total. The number of nitrogens with zero attached hydrogens (tertiary/aromatic N) is 1. The molecule has 7 nitrogen and oxygen atoms in total. The molecule has 0 saturated carbocycles. The second-order valence-electron chi connectivity index (χ2n) is 7.28. The lowest BCUT2D eigenvalue weighted by Gasteiger charge is -2.30. The van der Waals surface area contributed by atoms with Crippen LogP contribution >= 0.6 is 11.6 Å². The number of benzene rings is 2. The number of piperidine rings is 1. The lowest BCUT2D eigenvalue weighted by molar-refractivity contribution is 0.102. The summed E-state index contributed by atoms with van der Waals surface area (Å²) < 4.78 is 38.2. The summed E-state index contributed by atoms with van der Waals surface area (Å²) in [6.07, 6.45) is 1.79. The van der Waals surface area contributed by atoms with Gasteiger partial charge in [0.1, 0.15) is 16.4 Å². The molecule has 0 aromatic heterocycles. The highest BCUT2D eigenvalue weighted by Crippen LogP contribution is 2.31. The molecule has 30 heavy (non-hydrogen) atoms. The highest BCUT2D eigenvalue weighted by Gasteiger charge is 2.31. The molecule has 0 bridgehead atoms. The molecule has 162 valence electrons. The van der Waals surface area contributed by atoms with Gasteiger partial charge in [-0.15, -0.1) is 0 Å². The van der Waals surface area contributed by atoms with Gasteiger partial charge < -0.3 is 14.8 Å². The highest BCUT2D eigenvalue weighted by molar-refractivity contribution is 7.89. The molecule has 1 aliphatic heterocycles. The van der Waals surface area contributed by atoms with Crippen LogP contribution < -0.4 is 14.8 Å². The number of carbonyl (C=O) groups is 1. The van der Waals surface area contributed by atoms with E-state index in [1.807, 2.05) is 6.92 Å². The van der Waals surface area contributed by atoms with Gasteiger partial charge in [0.15, 0.2) is 0 Å². The summed E-state index contributed by atoms with van der Waals surface area (Å²) in [5.74, 6) is 0.812. The van der Waals surface area contributed by atoms with Gasteiger partial charge in [0.25, 0.3) is 5.91 Å². The zero-order valence-corrected chi connectivity index (χ0v) is 18.7. The molecule has 1 atom stereocenters. The first-order chi connectivity index (χ1) is 14.3. The van der Waals surface area contributed by atoms with E-state index in [2.05, 4.69) is 5.32 Å². The molecule has 1 amide bonds. The van der Waals surface area contributed by atoms with Gasteiger partial charge in [-0.3, -0.25) is 4.79 Å². The summed E-state index contributed by atoms with van der Waals surface area (Å²) in [5, 5.41) is 2.83. The summed E-state index contributed by atoms with van der Waals surface area (Å²) in [7, 11) is -0.779. The van der Waals surface area contributed by atoms with Gasteiger partial charge in [0.2, 0.25) is 10.0 Å². The van der Waals surface area contributed by atoms with Gasteiger partial charge in [-0.1, -0.05) is 18.5 Å². The molecule has 9 heteroatoms. The van der Waals surface area contributed by atoms with E-state index in [0.29, 0.717) is 30.3 Å². The maximum Gasteiger partial charge on any atom is 0.255 e. The van der Waals surface area contributed by atoms with Gasteiger partial charge in [0, 0.05) is 24.7 Å². The van der Waals surface area contributed by atoms with Crippen molar-refractivity contribution in [2.45, 2.75) is 24.7 Å². The summed E-state index contributed by atoms with van der Waals surface area (Å²) in [5.41, 5.74) is 0.619. The first-order valence-corrected chi connectivity index (χ1v) is 11.4. The zero-order valence-electron chi connectivity index (χ0n) is 17.1. The third-order valence-electron chi connectivity index (χ3n) is 5.09. The van der Waals surface area contributed by atoms with Crippen LogP contribution in [0.4, 0.5) is 5.69 Å². The molecule has 1 aliphatic rings. The fraction of sp³-hybridized carbons (Fsp3) is 0.381. The normalized spacial score (nSPS) is 17.4. The number of halogens is 1. The highest BCUT2D eigenvalue weighted by atomic mass is 35.5. The number of hydrogen-bond donors (Lipinski definition) is 1. The van der Waals surface area contributed by atoms with Crippen LogP contribution in [0.5, 0.6) is 11.5 Å². The number of rotatable bonds is 6. The average Bonchev–Trinajstić information content (AvgIpc) is 2.74. The van der Waals surface area contributed by atoms with Gasteiger partial charge in [-0.2, -0.15) is 4.31 Å². The van der Waals surface area contributed by atoms with Crippen molar-refractivity contribution < 1.29 is 22.7 Å². The Morgan fingerprint density at radius 3 is 2.60 bits per heavy atom. The smallest absolute Gasteiger partial charge is 0.255 e. The van der Waals surface area contributed by atoms with Crippen molar-refractivity contribution in [3.05, 3.63) is 47.0 Å². The number of sulfonamides is 1. The first kappa shape index (κ1) is 22.4. The lowest BCUT2D eigenvalue weighted by atomic mass is 10.0. The molecule has 1 fully saturated rings. The zero-order chi connectivity index (χ0) is 21.9. The van der Waals surface area contributed by atoms with Gasteiger partial charge >= 0.3 is 0 Å². The van der Waals surface area contributed by atoms with Gasteiger partial charge in [-0.25, -0.2) is 8.42 Å². The predicted octanol–water partition coefficient (Wildman–Crippen LogP) is 4.03. The number of nitrogens with one attached hydrogen (secondary N) is 1. The van der Waals surface area contributed by atoms with E-state index in [1.165, 1.54) is 36.7 Å². The minimum Gasteiger partial charge on any atom is -0.497 e. The van der Waals surface area contributed by atoms with Crippen LogP contribution in [0.25, 0.3) is 0 Å². The second kappa shape index (κ2) is 9.24. The van der Waals surface area contributed by atoms with Gasteiger partial charge in [-0.05, 0) is 49.1 Å². The molecule has 2 aromatic rings. The Balaban J connectivity index is 1.89. The molecular formula is C21H25ClN2O5S. The lowest BCUT2D eigenvalue weighted by Crippen LogP contribution is -2.39. The standard InChI is InChI=1S/C21H25ClN2O5S/c1-14-5-4-10-24(13-14)30(26,27)20-11-15(6-8-17(20)22)21(25)23-18-9-7-16(28-2)12-19(18)29-3/h6-9,11-12,14H,4-5,10,13H2,1-3H3,(H,23,25)/t14-/m1/s1.